The minimum atomic E-state index is -0.321. The number of amides is 1. The molecule has 27 heavy (non-hydrogen) atoms. The Balaban J connectivity index is 1.54. The maximum Gasteiger partial charge on any atom is 0.247 e. The summed E-state index contributed by atoms with van der Waals surface area (Å²) in [6, 6.07) is 14.3. The highest BCUT2D eigenvalue weighted by atomic mass is 35.5. The van der Waals surface area contributed by atoms with Crippen molar-refractivity contribution < 1.29 is 4.79 Å². The van der Waals surface area contributed by atoms with Gasteiger partial charge in [0.05, 0.1) is 16.7 Å². The number of rotatable bonds is 4. The normalized spacial score (nSPS) is 10.9. The van der Waals surface area contributed by atoms with Crippen LogP contribution in [-0.2, 0) is 11.3 Å². The number of aromatic nitrogens is 4. The van der Waals surface area contributed by atoms with Crippen LogP contribution >= 0.6 is 22.9 Å². The Bertz CT molecular complexity index is 1200. The van der Waals surface area contributed by atoms with E-state index < -0.39 is 0 Å². The Morgan fingerprint density at radius 1 is 1.11 bits per heavy atom. The molecule has 4 rings (SSSR count). The van der Waals surface area contributed by atoms with E-state index in [1.807, 2.05) is 18.2 Å². The van der Waals surface area contributed by atoms with Gasteiger partial charge in [0, 0.05) is 10.9 Å². The highest BCUT2D eigenvalue weighted by molar-refractivity contribution is 7.18. The average molecular weight is 398 g/mol. The third-order valence-corrected chi connectivity index (χ3v) is 5.03. The lowest BCUT2D eigenvalue weighted by molar-refractivity contribution is -0.116. The average Bonchev–Trinajstić information content (AvgIpc) is 3.13. The monoisotopic (exact) mass is 397 g/mol. The van der Waals surface area contributed by atoms with Gasteiger partial charge in [0.2, 0.25) is 16.5 Å². The number of para-hydroxylation sites is 1. The Hall–Kier alpha value is -3.10. The van der Waals surface area contributed by atoms with Gasteiger partial charge in [-0.2, -0.15) is 5.10 Å². The first-order valence-corrected chi connectivity index (χ1v) is 9.14. The van der Waals surface area contributed by atoms with E-state index in [4.69, 9.17) is 11.6 Å². The van der Waals surface area contributed by atoms with Gasteiger partial charge < -0.3 is 0 Å². The van der Waals surface area contributed by atoms with Crippen LogP contribution in [-0.4, -0.2) is 25.9 Å². The van der Waals surface area contributed by atoms with Crippen LogP contribution < -0.4 is 10.7 Å². The first kappa shape index (κ1) is 17.3. The highest BCUT2D eigenvalue weighted by Gasteiger charge is 2.13. The van der Waals surface area contributed by atoms with Crippen LogP contribution in [0.5, 0.6) is 0 Å². The minimum Gasteiger partial charge on any atom is -0.299 e. The summed E-state index contributed by atoms with van der Waals surface area (Å²) < 4.78 is 1.47. The molecule has 0 aliphatic heterocycles. The number of anilines is 1. The van der Waals surface area contributed by atoms with Crippen molar-refractivity contribution in [1.82, 2.24) is 20.0 Å². The fourth-order valence-corrected chi connectivity index (χ4v) is 3.68. The molecule has 0 aliphatic carbocycles. The fraction of sp³-hybridized carbons (Fsp3) is 0.0556. The van der Waals surface area contributed by atoms with Gasteiger partial charge >= 0.3 is 0 Å². The van der Waals surface area contributed by atoms with Gasteiger partial charge in [-0.25, -0.2) is 0 Å². The predicted molar refractivity (Wildman–Crippen MR) is 105 cm³/mol. The molecule has 1 N–H and O–H groups in total. The van der Waals surface area contributed by atoms with E-state index in [2.05, 4.69) is 20.6 Å². The van der Waals surface area contributed by atoms with Crippen LogP contribution in [0.1, 0.15) is 0 Å². The summed E-state index contributed by atoms with van der Waals surface area (Å²) in [5.74, 6) is -0.321. The van der Waals surface area contributed by atoms with Crippen molar-refractivity contribution in [3.05, 3.63) is 70.0 Å². The molecule has 0 spiro atoms. The number of nitrogens with one attached hydrogen (secondary N) is 1. The van der Waals surface area contributed by atoms with Crippen molar-refractivity contribution >= 4 is 44.9 Å². The summed E-state index contributed by atoms with van der Waals surface area (Å²) in [5.41, 5.74) is 1.16. The molecule has 0 atom stereocenters. The van der Waals surface area contributed by atoms with Crippen LogP contribution in [0.4, 0.5) is 5.13 Å². The van der Waals surface area contributed by atoms with Crippen molar-refractivity contribution in [2.45, 2.75) is 6.54 Å². The number of nitrogens with zero attached hydrogens (tertiary/aromatic N) is 4. The summed E-state index contributed by atoms with van der Waals surface area (Å²) in [7, 11) is 0. The molecule has 0 fully saturated rings. The van der Waals surface area contributed by atoms with E-state index in [1.54, 1.807) is 30.3 Å². The summed E-state index contributed by atoms with van der Waals surface area (Å²) in [4.78, 5) is 24.3. The maximum absolute atomic E-state index is 12.4. The molecule has 9 heteroatoms. The van der Waals surface area contributed by atoms with Gasteiger partial charge in [0.15, 0.2) is 5.01 Å². The molecular formula is C18H12ClN5O2S. The number of hydrogen-bond acceptors (Lipinski definition) is 6. The molecule has 7 nitrogen and oxygen atoms in total. The largest absolute Gasteiger partial charge is 0.299 e. The molecule has 1 amide bonds. The number of benzene rings is 2. The topological polar surface area (TPSA) is 89.8 Å². The Kier molecular flexibility index (Phi) is 4.66. The molecule has 0 saturated carbocycles. The molecule has 2 aromatic heterocycles. The minimum absolute atomic E-state index is 0.0538. The van der Waals surface area contributed by atoms with Crippen LogP contribution in [0.2, 0.25) is 5.02 Å². The van der Waals surface area contributed by atoms with Gasteiger partial charge in [-0.05, 0) is 18.2 Å². The van der Waals surface area contributed by atoms with Crippen molar-refractivity contribution in [2.75, 3.05) is 5.32 Å². The van der Waals surface area contributed by atoms with Crippen LogP contribution in [0.3, 0.4) is 0 Å². The number of carbonyl (C=O) groups is 1. The van der Waals surface area contributed by atoms with E-state index in [-0.39, 0.29) is 17.9 Å². The summed E-state index contributed by atoms with van der Waals surface area (Å²) in [6.07, 6.45) is 1.20. The van der Waals surface area contributed by atoms with E-state index in [0.717, 1.165) is 5.56 Å². The van der Waals surface area contributed by atoms with E-state index >= 15 is 0 Å². The molecule has 0 radical (unpaired) electrons. The first-order valence-electron chi connectivity index (χ1n) is 7.95. The van der Waals surface area contributed by atoms with Gasteiger partial charge in [-0.1, -0.05) is 53.3 Å². The summed E-state index contributed by atoms with van der Waals surface area (Å²) in [6.45, 7) is -0.0538. The molecule has 0 bridgehead atoms. The van der Waals surface area contributed by atoms with Gasteiger partial charge in [0.1, 0.15) is 6.54 Å². The zero-order valence-corrected chi connectivity index (χ0v) is 15.4. The second-order valence-corrected chi connectivity index (χ2v) is 7.01. The van der Waals surface area contributed by atoms with Crippen LogP contribution in [0.15, 0.2) is 59.5 Å². The first-order chi connectivity index (χ1) is 13.1. The van der Waals surface area contributed by atoms with Crippen molar-refractivity contribution in [3.8, 4) is 10.6 Å². The van der Waals surface area contributed by atoms with Gasteiger partial charge in [-0.15, -0.1) is 10.2 Å². The number of hydrogen-bond donors (Lipinski definition) is 1. The molecule has 0 saturated heterocycles. The zero-order valence-electron chi connectivity index (χ0n) is 13.8. The lowest BCUT2D eigenvalue weighted by atomic mass is 10.2. The predicted octanol–water partition coefficient (Wildman–Crippen LogP) is 3.21. The van der Waals surface area contributed by atoms with Crippen LogP contribution in [0.25, 0.3) is 21.5 Å². The molecule has 0 unspecified atom stereocenters. The lowest BCUT2D eigenvalue weighted by Crippen LogP contribution is -2.22. The Morgan fingerprint density at radius 2 is 1.89 bits per heavy atom. The van der Waals surface area contributed by atoms with Crippen molar-refractivity contribution in [1.29, 1.82) is 0 Å². The fourth-order valence-electron chi connectivity index (χ4n) is 2.60. The van der Waals surface area contributed by atoms with Gasteiger partial charge in [-0.3, -0.25) is 19.6 Å². The zero-order chi connectivity index (χ0) is 18.8. The molecule has 0 aliphatic rings. The highest BCUT2D eigenvalue weighted by Crippen LogP contribution is 2.31. The van der Waals surface area contributed by atoms with E-state index in [1.165, 1.54) is 22.2 Å². The van der Waals surface area contributed by atoms with Crippen molar-refractivity contribution in [2.24, 2.45) is 0 Å². The van der Waals surface area contributed by atoms with Gasteiger partial charge in [0.25, 0.3) is 0 Å². The summed E-state index contributed by atoms with van der Waals surface area (Å²) in [5, 5.41) is 16.9. The van der Waals surface area contributed by atoms with E-state index in [0.29, 0.717) is 26.1 Å². The number of carbonyl (C=O) groups excluding carboxylic acids is 1. The Labute approximate surface area is 162 Å². The smallest absolute Gasteiger partial charge is 0.247 e. The third kappa shape index (κ3) is 3.57. The summed E-state index contributed by atoms with van der Waals surface area (Å²) >= 11 is 7.39. The molecule has 134 valence electrons. The lowest BCUT2D eigenvalue weighted by Gasteiger charge is -2.08. The quantitative estimate of drug-likeness (QED) is 0.571. The maximum atomic E-state index is 12.4. The number of halogens is 1. The number of fused-ring (bicyclic) bond motifs is 1. The molecular weight excluding hydrogens is 386 g/mol. The Morgan fingerprint density at radius 3 is 2.74 bits per heavy atom. The standard InChI is InChI=1S/C18H12ClN5O2S/c19-13-7-3-1-5-11(13)17-22-23-18(27-17)21-16(26)10-24-14-8-4-2-6-12(14)15(25)9-20-24/h1-9H,10H2,(H,21,23,26). The van der Waals surface area contributed by atoms with E-state index in [9.17, 15) is 9.59 Å². The van der Waals surface area contributed by atoms with Crippen LogP contribution in [0, 0.1) is 0 Å². The molecule has 2 heterocycles. The third-order valence-electron chi connectivity index (χ3n) is 3.83. The SMILES string of the molecule is O=C(Cn1ncc(=O)c2ccccc21)Nc1nnc(-c2ccccc2Cl)s1. The van der Waals surface area contributed by atoms with Crippen molar-refractivity contribution in [3.63, 3.8) is 0 Å². The second-order valence-electron chi connectivity index (χ2n) is 5.62. The molecule has 2 aromatic carbocycles. The molecule has 4 aromatic rings. The second kappa shape index (κ2) is 7.26.